The van der Waals surface area contributed by atoms with Crippen LogP contribution >= 0.6 is 35.6 Å². The lowest BCUT2D eigenvalue weighted by Crippen LogP contribution is -2.39. The Hall–Kier alpha value is -1.04. The molecule has 0 saturated carbocycles. The second-order valence-corrected chi connectivity index (χ2v) is 7.93. The molecule has 0 spiro atoms. The van der Waals surface area contributed by atoms with Gasteiger partial charge in [0.05, 0.1) is 11.6 Å². The highest BCUT2D eigenvalue weighted by Crippen LogP contribution is 2.22. The van der Waals surface area contributed by atoms with Gasteiger partial charge in [-0.2, -0.15) is 0 Å². The van der Waals surface area contributed by atoms with Crippen LogP contribution in [-0.4, -0.2) is 21.3 Å². The van der Waals surface area contributed by atoms with Crippen LogP contribution in [0.1, 0.15) is 33.3 Å². The summed E-state index contributed by atoms with van der Waals surface area (Å²) in [6.45, 7) is 8.45. The molecule has 23 heavy (non-hydrogen) atoms. The molecule has 2 rings (SSSR count). The maximum Gasteiger partial charge on any atom is 0.196 e. The first-order valence-electron chi connectivity index (χ1n) is 7.46. The zero-order valence-electron chi connectivity index (χ0n) is 13.6. The van der Waals surface area contributed by atoms with E-state index >= 15 is 0 Å². The molecule has 0 aliphatic carbocycles. The van der Waals surface area contributed by atoms with Crippen LogP contribution in [0, 0.1) is 0 Å². The smallest absolute Gasteiger partial charge is 0.196 e. The lowest BCUT2D eigenvalue weighted by molar-refractivity contribution is 0.303. The van der Waals surface area contributed by atoms with Gasteiger partial charge in [0.1, 0.15) is 9.90 Å². The molecule has 3 nitrogen and oxygen atoms in total. The fourth-order valence-electron chi connectivity index (χ4n) is 2.47. The molecule has 1 aromatic carbocycles. The minimum absolute atomic E-state index is 0.0288. The molecule has 0 aliphatic heterocycles. The summed E-state index contributed by atoms with van der Waals surface area (Å²) in [6.07, 6.45) is 1.51. The highest BCUT2D eigenvalue weighted by Gasteiger charge is 2.18. The summed E-state index contributed by atoms with van der Waals surface area (Å²) in [5.41, 5.74) is 1.09. The number of halogens is 1. The van der Waals surface area contributed by atoms with Crippen molar-refractivity contribution in [2.75, 3.05) is 0 Å². The van der Waals surface area contributed by atoms with E-state index in [1.54, 1.807) is 18.2 Å². The number of benzene rings is 1. The van der Waals surface area contributed by atoms with E-state index in [1.165, 1.54) is 18.0 Å². The Kier molecular flexibility index (Phi) is 6.12. The fourth-order valence-corrected chi connectivity index (χ4v) is 4.28. The van der Waals surface area contributed by atoms with E-state index < -0.39 is 0 Å². The summed E-state index contributed by atoms with van der Waals surface area (Å²) in [6, 6.07) is 5.70. The third kappa shape index (κ3) is 4.28. The maximum atomic E-state index is 12.5. The summed E-state index contributed by atoms with van der Waals surface area (Å²) >= 11 is 12.9. The van der Waals surface area contributed by atoms with Crippen LogP contribution in [0.15, 0.2) is 33.7 Å². The molecular weight excluding hydrogens is 350 g/mol. The first kappa shape index (κ1) is 18.3. The molecule has 124 valence electrons. The van der Waals surface area contributed by atoms with Gasteiger partial charge in [0, 0.05) is 34.5 Å². The van der Waals surface area contributed by atoms with Gasteiger partial charge < -0.3 is 9.32 Å². The van der Waals surface area contributed by atoms with Crippen molar-refractivity contribution in [1.29, 1.82) is 0 Å². The van der Waals surface area contributed by atoms with E-state index in [0.29, 0.717) is 39.4 Å². The number of hydrogen-bond acceptors (Lipinski definition) is 4. The van der Waals surface area contributed by atoms with E-state index in [2.05, 4.69) is 32.6 Å². The van der Waals surface area contributed by atoms with Gasteiger partial charge in [0.15, 0.2) is 5.43 Å². The molecule has 6 heteroatoms. The summed E-state index contributed by atoms with van der Waals surface area (Å²) < 4.78 is 6.33. The zero-order chi connectivity index (χ0) is 17.1. The molecular formula is C17H20ClNO2S2. The van der Waals surface area contributed by atoms with Gasteiger partial charge in [-0.25, -0.2) is 0 Å². The van der Waals surface area contributed by atoms with Crippen LogP contribution in [0.25, 0.3) is 11.0 Å². The van der Waals surface area contributed by atoms with E-state index in [9.17, 15) is 4.79 Å². The van der Waals surface area contributed by atoms with E-state index in [4.69, 9.17) is 28.2 Å². The molecule has 0 fully saturated rings. The first-order chi connectivity index (χ1) is 10.8. The third-order valence-corrected chi connectivity index (χ3v) is 5.20. The number of hydrogen-bond donors (Lipinski definition) is 0. The monoisotopic (exact) mass is 369 g/mol. The fraction of sp³-hybridized carbons (Fsp3) is 0.412. The van der Waals surface area contributed by atoms with Crippen molar-refractivity contribution in [2.45, 2.75) is 45.5 Å². The number of thiocarbonyl (C=S) groups is 1. The summed E-state index contributed by atoms with van der Waals surface area (Å²) in [5, 5.41) is 1.09. The highest BCUT2D eigenvalue weighted by atomic mass is 35.5. The Labute approximate surface area is 151 Å². The Morgan fingerprint density at radius 2 is 1.96 bits per heavy atom. The average Bonchev–Trinajstić information content (AvgIpc) is 2.45. The van der Waals surface area contributed by atoms with Gasteiger partial charge in [-0.15, -0.1) is 0 Å². The maximum absolute atomic E-state index is 12.5. The second kappa shape index (κ2) is 7.69. The lowest BCUT2D eigenvalue weighted by atomic mass is 10.2. The lowest BCUT2D eigenvalue weighted by Gasteiger charge is -2.32. The van der Waals surface area contributed by atoms with Crippen LogP contribution in [0.2, 0.25) is 5.02 Å². The molecule has 0 N–H and O–H groups in total. The minimum Gasteiger partial charge on any atom is -0.464 e. The summed E-state index contributed by atoms with van der Waals surface area (Å²) in [4.78, 5) is 14.7. The van der Waals surface area contributed by atoms with Gasteiger partial charge in [0.2, 0.25) is 0 Å². The molecule has 0 bridgehead atoms. The highest BCUT2D eigenvalue weighted by molar-refractivity contribution is 8.22. The van der Waals surface area contributed by atoms with Gasteiger partial charge in [-0.1, -0.05) is 35.6 Å². The topological polar surface area (TPSA) is 33.5 Å². The summed E-state index contributed by atoms with van der Waals surface area (Å²) in [7, 11) is 0. The van der Waals surface area contributed by atoms with E-state index in [0.717, 1.165) is 4.32 Å². The van der Waals surface area contributed by atoms with Crippen LogP contribution < -0.4 is 5.43 Å². The zero-order valence-corrected chi connectivity index (χ0v) is 16.0. The molecule has 0 atom stereocenters. The Morgan fingerprint density at radius 3 is 2.57 bits per heavy atom. The van der Waals surface area contributed by atoms with Crippen molar-refractivity contribution in [3.8, 4) is 0 Å². The van der Waals surface area contributed by atoms with E-state index in [1.807, 2.05) is 0 Å². The summed E-state index contributed by atoms with van der Waals surface area (Å²) in [5.74, 6) is 0.496. The van der Waals surface area contributed by atoms with Crippen molar-refractivity contribution in [3.05, 3.63) is 45.3 Å². The molecule has 0 aliphatic rings. The van der Waals surface area contributed by atoms with Gasteiger partial charge in [-0.05, 0) is 39.8 Å². The van der Waals surface area contributed by atoms with Crippen molar-refractivity contribution in [1.82, 2.24) is 4.90 Å². The molecule has 1 aromatic heterocycles. The predicted molar refractivity (Wildman–Crippen MR) is 103 cm³/mol. The Bertz CT molecular complexity index is 763. The average molecular weight is 370 g/mol. The molecule has 1 heterocycles. The van der Waals surface area contributed by atoms with Crippen LogP contribution in [0.5, 0.6) is 0 Å². The standard InChI is InChI=1S/C17H20ClNO2S2/c1-10(2)19(11(3)4)17(22)23-9-12-8-21-15-7-13(18)5-6-14(15)16(12)20/h5-8,10-11H,9H2,1-4H3. The normalized spacial score (nSPS) is 11.4. The molecule has 0 amide bonds. The number of thioether (sulfide) groups is 1. The SMILES string of the molecule is CC(C)N(C(=S)SCc1coc2cc(Cl)ccc2c1=O)C(C)C. The first-order valence-corrected chi connectivity index (χ1v) is 9.23. The number of nitrogens with zero attached hydrogens (tertiary/aromatic N) is 1. The molecule has 0 unspecified atom stereocenters. The van der Waals surface area contributed by atoms with Crippen molar-refractivity contribution >= 4 is 50.9 Å². The predicted octanol–water partition coefficient (Wildman–Crippen LogP) is 5.08. The second-order valence-electron chi connectivity index (χ2n) is 5.88. The van der Waals surface area contributed by atoms with Crippen LogP contribution in [0.3, 0.4) is 0 Å². The number of fused-ring (bicyclic) bond motifs is 1. The molecule has 0 radical (unpaired) electrons. The Balaban J connectivity index is 2.19. The van der Waals surface area contributed by atoms with Crippen molar-refractivity contribution in [2.24, 2.45) is 0 Å². The molecule has 0 saturated heterocycles. The number of rotatable bonds is 4. The molecule has 2 aromatic rings. The van der Waals surface area contributed by atoms with Gasteiger partial charge >= 0.3 is 0 Å². The largest absolute Gasteiger partial charge is 0.464 e. The van der Waals surface area contributed by atoms with Crippen LogP contribution in [-0.2, 0) is 5.75 Å². The van der Waals surface area contributed by atoms with Gasteiger partial charge in [-0.3, -0.25) is 4.79 Å². The Morgan fingerprint density at radius 1 is 1.30 bits per heavy atom. The van der Waals surface area contributed by atoms with Gasteiger partial charge in [0.25, 0.3) is 0 Å². The van der Waals surface area contributed by atoms with Crippen LogP contribution in [0.4, 0.5) is 0 Å². The van der Waals surface area contributed by atoms with Crippen molar-refractivity contribution in [3.63, 3.8) is 0 Å². The third-order valence-electron chi connectivity index (χ3n) is 3.48. The van der Waals surface area contributed by atoms with E-state index in [-0.39, 0.29) is 5.43 Å². The quantitative estimate of drug-likeness (QED) is 0.701. The minimum atomic E-state index is -0.0288. The van der Waals surface area contributed by atoms with Crippen molar-refractivity contribution < 1.29 is 4.42 Å².